The zero-order chi connectivity index (χ0) is 12.1. The van der Waals surface area contributed by atoms with Crippen LogP contribution in [0.4, 0.5) is 0 Å². The van der Waals surface area contributed by atoms with Crippen molar-refractivity contribution in [2.75, 3.05) is 13.7 Å². The van der Waals surface area contributed by atoms with Crippen LogP contribution in [0.1, 0.15) is 11.3 Å². The van der Waals surface area contributed by atoms with Gasteiger partial charge in [0.15, 0.2) is 5.76 Å². The van der Waals surface area contributed by atoms with Gasteiger partial charge in [0.25, 0.3) is 0 Å². The number of nitrogens with zero attached hydrogens (tertiary/aromatic N) is 1. The average molecular weight is 232 g/mol. The third-order valence-corrected chi connectivity index (χ3v) is 2.60. The van der Waals surface area contributed by atoms with E-state index in [4.69, 9.17) is 15.0 Å². The van der Waals surface area contributed by atoms with E-state index in [1.807, 2.05) is 18.2 Å². The van der Waals surface area contributed by atoms with E-state index in [1.165, 1.54) is 5.56 Å². The largest absolute Gasteiger partial charge is 0.384 e. The van der Waals surface area contributed by atoms with Crippen molar-refractivity contribution in [3.05, 3.63) is 41.6 Å². The summed E-state index contributed by atoms with van der Waals surface area (Å²) in [6, 6.07) is 10.0. The quantitative estimate of drug-likeness (QED) is 0.856. The molecular weight excluding hydrogens is 216 g/mol. The fraction of sp³-hybridized carbons (Fsp3) is 0.308. The normalized spacial score (nSPS) is 10.7. The molecule has 0 saturated heterocycles. The van der Waals surface area contributed by atoms with E-state index < -0.39 is 0 Å². The zero-order valence-corrected chi connectivity index (χ0v) is 9.85. The van der Waals surface area contributed by atoms with E-state index in [-0.39, 0.29) is 0 Å². The highest BCUT2D eigenvalue weighted by molar-refractivity contribution is 5.57. The van der Waals surface area contributed by atoms with Gasteiger partial charge in [-0.2, -0.15) is 0 Å². The summed E-state index contributed by atoms with van der Waals surface area (Å²) in [5.74, 6) is 0.753. The topological polar surface area (TPSA) is 61.3 Å². The lowest BCUT2D eigenvalue weighted by molar-refractivity contribution is 0.202. The van der Waals surface area contributed by atoms with Gasteiger partial charge in [-0.15, -0.1) is 0 Å². The Morgan fingerprint density at radius 2 is 2.06 bits per heavy atom. The van der Waals surface area contributed by atoms with Crippen molar-refractivity contribution >= 4 is 0 Å². The molecule has 0 aliphatic carbocycles. The summed E-state index contributed by atoms with van der Waals surface area (Å²) in [4.78, 5) is 0. The SMILES string of the molecule is COCCc1ccc(-c2cc(CN)no2)cc1. The average Bonchev–Trinajstić information content (AvgIpc) is 2.86. The number of hydrogen-bond acceptors (Lipinski definition) is 4. The molecule has 0 saturated carbocycles. The number of rotatable bonds is 5. The third kappa shape index (κ3) is 2.93. The molecule has 2 aromatic rings. The van der Waals surface area contributed by atoms with Gasteiger partial charge in [0, 0.05) is 25.3 Å². The molecule has 90 valence electrons. The number of aromatic nitrogens is 1. The van der Waals surface area contributed by atoms with Crippen LogP contribution in [0.3, 0.4) is 0 Å². The lowest BCUT2D eigenvalue weighted by Crippen LogP contribution is -1.94. The molecule has 1 aromatic carbocycles. The van der Waals surface area contributed by atoms with Crippen LogP contribution in [0.25, 0.3) is 11.3 Å². The van der Waals surface area contributed by atoms with Crippen molar-refractivity contribution in [3.63, 3.8) is 0 Å². The summed E-state index contributed by atoms with van der Waals surface area (Å²) in [6.07, 6.45) is 0.918. The summed E-state index contributed by atoms with van der Waals surface area (Å²) in [5, 5.41) is 3.86. The maximum atomic E-state index is 5.48. The van der Waals surface area contributed by atoms with Crippen molar-refractivity contribution in [3.8, 4) is 11.3 Å². The highest BCUT2D eigenvalue weighted by Crippen LogP contribution is 2.20. The summed E-state index contributed by atoms with van der Waals surface area (Å²) in [6.45, 7) is 1.13. The molecule has 0 atom stereocenters. The fourth-order valence-electron chi connectivity index (χ4n) is 1.60. The molecule has 0 unspecified atom stereocenters. The monoisotopic (exact) mass is 232 g/mol. The minimum Gasteiger partial charge on any atom is -0.384 e. The minimum atomic E-state index is 0.398. The molecule has 0 amide bonds. The lowest BCUT2D eigenvalue weighted by Gasteiger charge is -2.01. The number of nitrogens with two attached hydrogens (primary N) is 1. The van der Waals surface area contributed by atoms with Gasteiger partial charge in [-0.3, -0.25) is 0 Å². The van der Waals surface area contributed by atoms with Crippen molar-refractivity contribution in [2.24, 2.45) is 5.73 Å². The molecule has 0 bridgehead atoms. The van der Waals surface area contributed by atoms with Crippen LogP contribution in [0.2, 0.25) is 0 Å². The van der Waals surface area contributed by atoms with Gasteiger partial charge in [-0.25, -0.2) is 0 Å². The standard InChI is InChI=1S/C13H16N2O2/c1-16-7-6-10-2-4-11(5-3-10)13-8-12(9-14)15-17-13/h2-5,8H,6-7,9,14H2,1H3. The Morgan fingerprint density at radius 3 is 2.65 bits per heavy atom. The maximum Gasteiger partial charge on any atom is 0.167 e. The number of hydrogen-bond donors (Lipinski definition) is 1. The van der Waals surface area contributed by atoms with Gasteiger partial charge in [0.1, 0.15) is 0 Å². The summed E-state index contributed by atoms with van der Waals surface area (Å²) < 4.78 is 10.2. The van der Waals surface area contributed by atoms with Crippen LogP contribution in [0.15, 0.2) is 34.9 Å². The second-order valence-corrected chi connectivity index (χ2v) is 3.83. The number of benzene rings is 1. The van der Waals surface area contributed by atoms with Gasteiger partial charge >= 0.3 is 0 Å². The molecular formula is C13H16N2O2. The first-order chi connectivity index (χ1) is 8.33. The summed E-state index contributed by atoms with van der Waals surface area (Å²) in [7, 11) is 1.71. The minimum absolute atomic E-state index is 0.398. The molecule has 17 heavy (non-hydrogen) atoms. The van der Waals surface area contributed by atoms with Gasteiger partial charge in [0.05, 0.1) is 12.3 Å². The van der Waals surface area contributed by atoms with Gasteiger partial charge in [0.2, 0.25) is 0 Å². The van der Waals surface area contributed by atoms with Gasteiger partial charge in [-0.05, 0) is 12.0 Å². The van der Waals surface area contributed by atoms with E-state index in [0.29, 0.717) is 6.54 Å². The zero-order valence-electron chi connectivity index (χ0n) is 9.85. The molecule has 4 nitrogen and oxygen atoms in total. The molecule has 0 aliphatic heterocycles. The predicted molar refractivity (Wildman–Crippen MR) is 65.4 cm³/mol. The first-order valence-electron chi connectivity index (χ1n) is 5.57. The highest BCUT2D eigenvalue weighted by atomic mass is 16.5. The van der Waals surface area contributed by atoms with Crippen LogP contribution in [-0.4, -0.2) is 18.9 Å². The first kappa shape index (κ1) is 11.8. The molecule has 0 fully saturated rings. The van der Waals surface area contributed by atoms with Crippen molar-refractivity contribution in [1.29, 1.82) is 0 Å². The molecule has 0 spiro atoms. The maximum absolute atomic E-state index is 5.48. The molecule has 2 rings (SSSR count). The summed E-state index contributed by atoms with van der Waals surface area (Å²) >= 11 is 0. The third-order valence-electron chi connectivity index (χ3n) is 2.60. The van der Waals surface area contributed by atoms with Crippen LogP contribution in [0, 0.1) is 0 Å². The summed E-state index contributed by atoms with van der Waals surface area (Å²) in [5.41, 5.74) is 8.51. The Balaban J connectivity index is 2.11. The van der Waals surface area contributed by atoms with Gasteiger partial charge in [-0.1, -0.05) is 29.4 Å². The fourth-order valence-corrected chi connectivity index (χ4v) is 1.60. The molecule has 1 aromatic heterocycles. The van der Waals surface area contributed by atoms with E-state index in [0.717, 1.165) is 30.0 Å². The molecule has 0 radical (unpaired) electrons. The van der Waals surface area contributed by atoms with Crippen LogP contribution >= 0.6 is 0 Å². The number of ether oxygens (including phenoxy) is 1. The van der Waals surface area contributed by atoms with Crippen LogP contribution < -0.4 is 5.73 Å². The molecule has 2 N–H and O–H groups in total. The Kier molecular flexibility index (Phi) is 3.90. The van der Waals surface area contributed by atoms with E-state index in [1.54, 1.807) is 7.11 Å². The van der Waals surface area contributed by atoms with E-state index in [9.17, 15) is 0 Å². The van der Waals surface area contributed by atoms with Crippen molar-refractivity contribution in [2.45, 2.75) is 13.0 Å². The Bertz CT molecular complexity index is 463. The van der Waals surface area contributed by atoms with E-state index >= 15 is 0 Å². The Labute approximate surface area is 100 Å². The van der Waals surface area contributed by atoms with Crippen molar-refractivity contribution in [1.82, 2.24) is 5.16 Å². The van der Waals surface area contributed by atoms with Gasteiger partial charge < -0.3 is 15.0 Å². The highest BCUT2D eigenvalue weighted by Gasteiger charge is 2.05. The first-order valence-corrected chi connectivity index (χ1v) is 5.57. The van der Waals surface area contributed by atoms with Crippen molar-refractivity contribution < 1.29 is 9.26 Å². The smallest absolute Gasteiger partial charge is 0.167 e. The second-order valence-electron chi connectivity index (χ2n) is 3.83. The molecule has 1 heterocycles. The Morgan fingerprint density at radius 1 is 1.29 bits per heavy atom. The lowest BCUT2D eigenvalue weighted by atomic mass is 10.1. The number of methoxy groups -OCH3 is 1. The molecule has 0 aliphatic rings. The van der Waals surface area contributed by atoms with Crippen LogP contribution in [0.5, 0.6) is 0 Å². The van der Waals surface area contributed by atoms with E-state index in [2.05, 4.69) is 17.3 Å². The predicted octanol–water partition coefficient (Wildman–Crippen LogP) is 1.99. The van der Waals surface area contributed by atoms with Crippen LogP contribution in [-0.2, 0) is 17.7 Å². The second kappa shape index (κ2) is 5.61. The molecule has 4 heteroatoms. The Hall–Kier alpha value is -1.65.